The van der Waals surface area contributed by atoms with Crippen molar-refractivity contribution in [2.75, 3.05) is 20.8 Å². The van der Waals surface area contributed by atoms with Gasteiger partial charge >= 0.3 is 5.97 Å². The Kier molecular flexibility index (Phi) is 6.63. The van der Waals surface area contributed by atoms with Crippen LogP contribution in [0.4, 0.5) is 0 Å². The van der Waals surface area contributed by atoms with Crippen LogP contribution in [-0.2, 0) is 16.1 Å². The van der Waals surface area contributed by atoms with Gasteiger partial charge in [0, 0.05) is 19.2 Å². The molecule has 0 saturated heterocycles. The van der Waals surface area contributed by atoms with Crippen LogP contribution in [0.2, 0.25) is 0 Å². The zero-order valence-corrected chi connectivity index (χ0v) is 16.5. The van der Waals surface area contributed by atoms with E-state index in [1.54, 1.807) is 26.3 Å². The van der Waals surface area contributed by atoms with E-state index in [-0.39, 0.29) is 12.5 Å². The summed E-state index contributed by atoms with van der Waals surface area (Å²) in [6.07, 6.45) is 0. The Morgan fingerprint density at radius 3 is 2.14 bits per heavy atom. The lowest BCUT2D eigenvalue weighted by atomic mass is 10.0. The Labute approximate surface area is 170 Å². The van der Waals surface area contributed by atoms with Crippen molar-refractivity contribution in [2.24, 2.45) is 0 Å². The van der Waals surface area contributed by atoms with E-state index >= 15 is 0 Å². The third kappa shape index (κ3) is 5.23. The molecule has 0 aromatic heterocycles. The number of rotatable bonds is 7. The number of para-hydroxylation sites is 1. The SMILES string of the molecule is COc1ccccc1CN(C)C(=O)COC(=O)c1ccc(-c2ccccc2)cc1. The fraction of sp³-hybridized carbons (Fsp3) is 0.167. The molecule has 3 rings (SSSR count). The third-order valence-electron chi connectivity index (χ3n) is 4.58. The molecule has 3 aromatic carbocycles. The van der Waals surface area contributed by atoms with E-state index in [0.717, 1.165) is 16.7 Å². The molecular formula is C24H23NO4. The van der Waals surface area contributed by atoms with Crippen LogP contribution < -0.4 is 4.74 Å². The fourth-order valence-electron chi connectivity index (χ4n) is 2.93. The molecule has 29 heavy (non-hydrogen) atoms. The van der Waals surface area contributed by atoms with E-state index in [1.807, 2.05) is 66.7 Å². The number of nitrogens with zero attached hydrogens (tertiary/aromatic N) is 1. The van der Waals surface area contributed by atoms with Gasteiger partial charge in [0.05, 0.1) is 12.7 Å². The first kappa shape index (κ1) is 20.1. The van der Waals surface area contributed by atoms with E-state index in [1.165, 1.54) is 4.90 Å². The number of likely N-dealkylation sites (N-methyl/N-ethyl adjacent to an activating group) is 1. The average Bonchev–Trinajstić information content (AvgIpc) is 2.78. The predicted molar refractivity (Wildman–Crippen MR) is 112 cm³/mol. The number of ether oxygens (including phenoxy) is 2. The molecule has 0 fully saturated rings. The van der Waals surface area contributed by atoms with Crippen LogP contribution in [0.3, 0.4) is 0 Å². The van der Waals surface area contributed by atoms with Crippen molar-refractivity contribution in [1.29, 1.82) is 0 Å². The van der Waals surface area contributed by atoms with Gasteiger partial charge < -0.3 is 14.4 Å². The van der Waals surface area contributed by atoms with Crippen molar-refractivity contribution in [2.45, 2.75) is 6.54 Å². The van der Waals surface area contributed by atoms with Gasteiger partial charge in [0.25, 0.3) is 5.91 Å². The van der Waals surface area contributed by atoms with Gasteiger partial charge in [-0.25, -0.2) is 4.79 Å². The summed E-state index contributed by atoms with van der Waals surface area (Å²) in [5.74, 6) is -0.100. The molecule has 1 amide bonds. The second-order valence-electron chi connectivity index (χ2n) is 6.58. The Morgan fingerprint density at radius 1 is 0.828 bits per heavy atom. The van der Waals surface area contributed by atoms with Gasteiger partial charge in [-0.3, -0.25) is 4.79 Å². The van der Waals surface area contributed by atoms with E-state index in [0.29, 0.717) is 17.9 Å². The first-order valence-corrected chi connectivity index (χ1v) is 9.27. The Bertz CT molecular complexity index is 968. The van der Waals surface area contributed by atoms with Gasteiger partial charge in [0.2, 0.25) is 0 Å². The molecule has 0 N–H and O–H groups in total. The third-order valence-corrected chi connectivity index (χ3v) is 4.58. The van der Waals surface area contributed by atoms with Crippen molar-refractivity contribution in [3.63, 3.8) is 0 Å². The molecular weight excluding hydrogens is 366 g/mol. The highest BCUT2D eigenvalue weighted by molar-refractivity contribution is 5.91. The summed E-state index contributed by atoms with van der Waals surface area (Å²) in [5.41, 5.74) is 3.37. The predicted octanol–water partition coefficient (Wildman–Crippen LogP) is 4.18. The van der Waals surface area contributed by atoms with Crippen LogP contribution in [0.25, 0.3) is 11.1 Å². The highest BCUT2D eigenvalue weighted by Crippen LogP contribution is 2.20. The number of methoxy groups -OCH3 is 1. The zero-order valence-electron chi connectivity index (χ0n) is 16.5. The normalized spacial score (nSPS) is 10.3. The molecule has 148 valence electrons. The van der Waals surface area contributed by atoms with Gasteiger partial charge in [-0.05, 0) is 29.3 Å². The molecule has 5 nitrogen and oxygen atoms in total. The second kappa shape index (κ2) is 9.55. The smallest absolute Gasteiger partial charge is 0.338 e. The summed E-state index contributed by atoms with van der Waals surface area (Å²) in [6.45, 7) is 0.0527. The van der Waals surface area contributed by atoms with Gasteiger partial charge in [-0.15, -0.1) is 0 Å². The summed E-state index contributed by atoms with van der Waals surface area (Å²) in [4.78, 5) is 26.1. The van der Waals surface area contributed by atoms with Crippen LogP contribution in [0.1, 0.15) is 15.9 Å². The first-order chi connectivity index (χ1) is 14.1. The van der Waals surface area contributed by atoms with E-state index in [2.05, 4.69) is 0 Å². The van der Waals surface area contributed by atoms with Gasteiger partial charge in [0.1, 0.15) is 5.75 Å². The van der Waals surface area contributed by atoms with Crippen LogP contribution in [0.5, 0.6) is 5.75 Å². The van der Waals surface area contributed by atoms with Gasteiger partial charge in [-0.1, -0.05) is 60.7 Å². The topological polar surface area (TPSA) is 55.8 Å². The minimum absolute atomic E-state index is 0.287. The number of hydrogen-bond donors (Lipinski definition) is 0. The minimum Gasteiger partial charge on any atom is -0.496 e. The molecule has 0 aliphatic heterocycles. The zero-order chi connectivity index (χ0) is 20.6. The maximum atomic E-state index is 12.3. The quantitative estimate of drug-likeness (QED) is 0.569. The highest BCUT2D eigenvalue weighted by atomic mass is 16.5. The summed E-state index contributed by atoms with van der Waals surface area (Å²) in [6, 6.07) is 24.5. The van der Waals surface area contributed by atoms with Gasteiger partial charge in [-0.2, -0.15) is 0 Å². The maximum absolute atomic E-state index is 12.3. The fourth-order valence-corrected chi connectivity index (χ4v) is 2.93. The highest BCUT2D eigenvalue weighted by Gasteiger charge is 2.15. The lowest BCUT2D eigenvalue weighted by molar-refractivity contribution is -0.133. The Morgan fingerprint density at radius 2 is 1.45 bits per heavy atom. The van der Waals surface area contributed by atoms with Crippen molar-refractivity contribution in [3.8, 4) is 16.9 Å². The van der Waals surface area contributed by atoms with Crippen LogP contribution in [-0.4, -0.2) is 37.5 Å². The summed E-state index contributed by atoms with van der Waals surface area (Å²) >= 11 is 0. The number of amides is 1. The minimum atomic E-state index is -0.524. The molecule has 3 aromatic rings. The largest absolute Gasteiger partial charge is 0.496 e. The Hall–Kier alpha value is -3.60. The molecule has 0 bridgehead atoms. The number of carbonyl (C=O) groups excluding carboxylic acids is 2. The number of benzene rings is 3. The summed E-state index contributed by atoms with van der Waals surface area (Å²) in [7, 11) is 3.25. The standard InChI is InChI=1S/C24H23NO4/c1-25(16-21-10-6-7-11-22(21)28-2)23(26)17-29-24(27)20-14-12-19(13-15-20)18-8-4-3-5-9-18/h3-15H,16-17H2,1-2H3. The van der Waals surface area contributed by atoms with E-state index in [4.69, 9.17) is 9.47 Å². The number of esters is 1. The van der Waals surface area contributed by atoms with E-state index in [9.17, 15) is 9.59 Å². The molecule has 0 saturated carbocycles. The second-order valence-corrected chi connectivity index (χ2v) is 6.58. The molecule has 0 aliphatic carbocycles. The lowest BCUT2D eigenvalue weighted by Gasteiger charge is -2.18. The maximum Gasteiger partial charge on any atom is 0.338 e. The van der Waals surface area contributed by atoms with Crippen LogP contribution >= 0.6 is 0 Å². The molecule has 0 heterocycles. The van der Waals surface area contributed by atoms with Crippen LogP contribution in [0.15, 0.2) is 78.9 Å². The number of hydrogen-bond acceptors (Lipinski definition) is 4. The van der Waals surface area contributed by atoms with Gasteiger partial charge in [0.15, 0.2) is 6.61 Å². The van der Waals surface area contributed by atoms with Crippen molar-refractivity contribution >= 4 is 11.9 Å². The molecule has 0 aliphatic rings. The summed E-state index contributed by atoms with van der Waals surface area (Å²) < 4.78 is 10.5. The monoisotopic (exact) mass is 389 g/mol. The van der Waals surface area contributed by atoms with Crippen molar-refractivity contribution in [1.82, 2.24) is 4.90 Å². The van der Waals surface area contributed by atoms with Crippen molar-refractivity contribution < 1.29 is 19.1 Å². The number of carbonyl (C=O) groups is 2. The van der Waals surface area contributed by atoms with Crippen molar-refractivity contribution in [3.05, 3.63) is 90.0 Å². The van der Waals surface area contributed by atoms with Crippen LogP contribution in [0, 0.1) is 0 Å². The Balaban J connectivity index is 1.55. The molecule has 0 radical (unpaired) electrons. The van der Waals surface area contributed by atoms with E-state index < -0.39 is 5.97 Å². The average molecular weight is 389 g/mol. The first-order valence-electron chi connectivity index (χ1n) is 9.27. The molecule has 0 atom stereocenters. The lowest BCUT2D eigenvalue weighted by Crippen LogP contribution is -2.31. The molecule has 0 unspecified atom stereocenters. The molecule has 0 spiro atoms. The summed E-state index contributed by atoms with van der Waals surface area (Å²) in [5, 5.41) is 0. The molecule has 5 heteroatoms.